The van der Waals surface area contributed by atoms with Crippen molar-refractivity contribution < 1.29 is 59.4 Å². The van der Waals surface area contributed by atoms with Gasteiger partial charge in [0.25, 0.3) is 35.5 Å². The van der Waals surface area contributed by atoms with Crippen molar-refractivity contribution in [2.75, 3.05) is 78.5 Å². The molecule has 4 fully saturated rings. The number of amides is 4. The summed E-state index contributed by atoms with van der Waals surface area (Å²) >= 11 is 0. The zero-order valence-corrected chi connectivity index (χ0v) is 73.0. The molecule has 4 aliphatic rings. The second kappa shape index (κ2) is 40.4. The van der Waals surface area contributed by atoms with Gasteiger partial charge in [-0.05, 0) is 198 Å². The quantitative estimate of drug-likeness (QED) is 0.0320. The van der Waals surface area contributed by atoms with Gasteiger partial charge >= 0.3 is 0 Å². The molecule has 17 aromatic rings. The molecule has 0 unspecified atom stereocenters. The molecule has 0 spiro atoms. The maximum Gasteiger partial charge on any atom is 0.276 e. The fraction of sp³-hybridized carbons (Fsp3) is 0.206. The number of nitrogens with zero attached hydrogens (tertiary/aromatic N) is 13. The summed E-state index contributed by atoms with van der Waals surface area (Å²) < 4.78 is 110. The summed E-state index contributed by atoms with van der Waals surface area (Å²) in [6.45, 7) is 6.33. The third kappa shape index (κ3) is 21.7. The molecule has 26 nitrogen and oxygen atoms in total. The van der Waals surface area contributed by atoms with Crippen LogP contribution in [-0.4, -0.2) is 179 Å². The molecule has 4 amide bonds. The molecule has 13 heterocycles. The number of aliphatic hydroxyl groups excluding tert-OH is 1. The zero-order chi connectivity index (χ0) is 94.0. The van der Waals surface area contributed by atoms with Crippen LogP contribution in [-0.2, 0) is 19.6 Å². The number of para-hydroxylation sites is 3. The van der Waals surface area contributed by atoms with Crippen LogP contribution in [0.2, 0.25) is 0 Å². The Bertz CT molecular complexity index is 7230. The van der Waals surface area contributed by atoms with E-state index in [0.29, 0.717) is 82.2 Å². The van der Waals surface area contributed by atoms with Crippen LogP contribution < -0.4 is 26.2 Å². The highest BCUT2D eigenvalue weighted by molar-refractivity contribution is 6.15. The molecule has 4 saturated heterocycles. The monoisotopic (exact) mass is 1840 g/mol. The lowest BCUT2D eigenvalue weighted by molar-refractivity contribution is -0.0566. The van der Waals surface area contributed by atoms with E-state index in [0.717, 1.165) is 123 Å². The molecule has 9 N–H and O–H groups in total. The Morgan fingerprint density at radius 2 is 0.721 bits per heavy atom. The smallest absolute Gasteiger partial charge is 0.276 e. The van der Waals surface area contributed by atoms with Gasteiger partial charge in [0.15, 0.2) is 22.8 Å². The van der Waals surface area contributed by atoms with Gasteiger partial charge in [0.05, 0.1) is 81.2 Å². The standard InChI is InChI=1S/C30H27FN6O2.C25H22F3N5O.C24H20F3N5O.C23H20FN5O/c31-26-4-2-1-3-24(26)27-8-6-22(17-33-27)34-30(39)29-25-14-20(5-7-28(25)35-36-29)21-13-19(15-32-16-21)18-37-11-9-23(38)10-12-37;26-20-3-1-2-4-22(20)30-24(34)23-19-12-17(5-6-21(19)31-32-23)18-11-16(13-29-14-18)15-33-9-7-25(27,28)8-10-33;25-19-3-1-2-4-21(19)29-23(33)22-18-10-16(5-6-20(18)30-31-22)17-9-15(11-28-12-17)13-32-8-7-24(26,27)14-32;24-19-5-1-2-6-21(19)26-23(30)22-18-12-15(7-8-20(18)27-28-22)16-11-17(14-25-13-16)29-9-3-4-10-29/h1-8,13-17,23,38H,9-12,18H2,(H,34,39)(H,35,36);1-6,11-14H,7-10,15H2,(H,30,34)(H,31,32);1-6,9-12H,7-8,13-14H2,(H,29,33)(H,30,31);1-2,5-8,11-14H,3-4,9-10H2,(H,26,30)(H,27,28). The van der Waals surface area contributed by atoms with Crippen LogP contribution in [0.1, 0.15) is 104 Å². The Morgan fingerprint density at radius 3 is 1.11 bits per heavy atom. The maximum atomic E-state index is 14.1. The van der Waals surface area contributed by atoms with Gasteiger partial charge in [0, 0.05) is 177 Å². The number of carbonyl (C=O) groups is 4. The molecular formula is C102H89F8N21O5. The molecule has 688 valence electrons. The number of anilines is 5. The number of rotatable bonds is 20. The molecule has 0 bridgehead atoms. The van der Waals surface area contributed by atoms with Crippen molar-refractivity contribution in [2.24, 2.45) is 0 Å². The van der Waals surface area contributed by atoms with Crippen molar-refractivity contribution in [3.05, 3.63) is 325 Å². The lowest BCUT2D eigenvalue weighted by Gasteiger charge is -2.31. The number of hydrogen-bond donors (Lipinski definition) is 9. The molecule has 136 heavy (non-hydrogen) atoms. The minimum Gasteiger partial charge on any atom is -0.393 e. The first-order valence-corrected chi connectivity index (χ1v) is 44.2. The molecule has 0 aliphatic carbocycles. The highest BCUT2D eigenvalue weighted by Crippen LogP contribution is 2.37. The number of pyridine rings is 5. The number of aromatic nitrogens is 13. The predicted octanol–water partition coefficient (Wildman–Crippen LogP) is 19.8. The van der Waals surface area contributed by atoms with E-state index in [1.165, 1.54) is 61.5 Å². The van der Waals surface area contributed by atoms with Crippen molar-refractivity contribution >= 4 is 95.7 Å². The number of aromatic amines is 4. The number of carbonyl (C=O) groups excluding carboxylic acids is 4. The molecule has 8 aromatic carbocycles. The first-order valence-electron chi connectivity index (χ1n) is 44.2. The van der Waals surface area contributed by atoms with E-state index in [1.54, 1.807) is 109 Å². The Labute approximate surface area is 773 Å². The molecule has 0 atom stereocenters. The number of halogens is 8. The van der Waals surface area contributed by atoms with Gasteiger partial charge in [-0.25, -0.2) is 35.1 Å². The summed E-state index contributed by atoms with van der Waals surface area (Å²) in [5.41, 5.74) is 16.2. The van der Waals surface area contributed by atoms with E-state index in [-0.39, 0.29) is 83.5 Å². The number of benzene rings is 8. The maximum absolute atomic E-state index is 14.1. The fourth-order valence-corrected chi connectivity index (χ4v) is 16.9. The van der Waals surface area contributed by atoms with Crippen LogP contribution in [0.4, 0.5) is 63.6 Å². The predicted molar refractivity (Wildman–Crippen MR) is 504 cm³/mol. The first kappa shape index (κ1) is 90.9. The largest absolute Gasteiger partial charge is 0.393 e. The van der Waals surface area contributed by atoms with Crippen molar-refractivity contribution in [1.29, 1.82) is 0 Å². The van der Waals surface area contributed by atoms with Crippen LogP contribution in [0.5, 0.6) is 0 Å². The summed E-state index contributed by atoms with van der Waals surface area (Å²) in [6, 6.07) is 58.4. The Hall–Kier alpha value is -15.7. The third-order valence-electron chi connectivity index (χ3n) is 24.2. The van der Waals surface area contributed by atoms with Crippen LogP contribution in [0.3, 0.4) is 0 Å². The van der Waals surface area contributed by atoms with Gasteiger partial charge in [-0.1, -0.05) is 72.8 Å². The SMILES string of the molecule is O=C(Nc1ccc(-c2ccccc2F)nc1)c1n[nH]c2ccc(-c3cncc(CN4CCC(O)CC4)c3)cc12.O=C(Nc1ccccc1F)c1n[nH]c2ccc(-c3cncc(CN4CCC(F)(F)C4)c3)cc12.O=C(Nc1ccccc1F)c1n[nH]c2ccc(-c3cncc(CN4CCC(F)(F)CC4)c3)cc12.O=C(Nc1ccccc1F)c1n[nH]c2ccc(-c3cncc(N4CCCC4)c3)cc12. The minimum atomic E-state index is -2.64. The van der Waals surface area contributed by atoms with Gasteiger partial charge in [-0.15, -0.1) is 0 Å². The van der Waals surface area contributed by atoms with Gasteiger partial charge in [-0.3, -0.25) is 79.2 Å². The van der Waals surface area contributed by atoms with Crippen molar-refractivity contribution in [2.45, 2.75) is 82.5 Å². The van der Waals surface area contributed by atoms with Crippen LogP contribution in [0, 0.1) is 23.3 Å². The van der Waals surface area contributed by atoms with E-state index in [1.807, 2.05) is 102 Å². The van der Waals surface area contributed by atoms with Crippen molar-refractivity contribution in [3.63, 3.8) is 0 Å². The lowest BCUT2D eigenvalue weighted by Crippen LogP contribution is -2.38. The van der Waals surface area contributed by atoms with Gasteiger partial charge in [-0.2, -0.15) is 20.4 Å². The van der Waals surface area contributed by atoms with Crippen molar-refractivity contribution in [1.82, 2.24) is 80.4 Å². The Balaban J connectivity index is 0.000000121. The average molecular weight is 1840 g/mol. The minimum absolute atomic E-state index is 0.0687. The number of hydrogen-bond acceptors (Lipinski definition) is 18. The van der Waals surface area contributed by atoms with Gasteiger partial charge in [0.1, 0.15) is 23.3 Å². The molecule has 0 saturated carbocycles. The topological polar surface area (TPSA) is 329 Å². The number of nitrogens with one attached hydrogen (secondary N) is 8. The van der Waals surface area contributed by atoms with Crippen LogP contribution >= 0.6 is 0 Å². The summed E-state index contributed by atoms with van der Waals surface area (Å²) in [6.07, 6.45) is 19.1. The van der Waals surface area contributed by atoms with E-state index in [2.05, 4.69) is 109 Å². The van der Waals surface area contributed by atoms with Crippen molar-refractivity contribution in [3.8, 4) is 55.8 Å². The Morgan fingerprint density at radius 1 is 0.360 bits per heavy atom. The molecule has 0 radical (unpaired) electrons. The molecule has 4 aliphatic heterocycles. The highest BCUT2D eigenvalue weighted by atomic mass is 19.3. The zero-order valence-electron chi connectivity index (χ0n) is 73.0. The van der Waals surface area contributed by atoms with Gasteiger partial charge in [0.2, 0.25) is 0 Å². The van der Waals surface area contributed by atoms with E-state index in [9.17, 15) is 59.4 Å². The van der Waals surface area contributed by atoms with Crippen LogP contribution in [0.25, 0.3) is 99.4 Å². The number of likely N-dealkylation sites (tertiary alicyclic amines) is 3. The summed E-state index contributed by atoms with van der Waals surface area (Å²) in [7, 11) is 0. The van der Waals surface area contributed by atoms with Gasteiger partial charge < -0.3 is 31.3 Å². The number of aliphatic hydroxyl groups is 1. The van der Waals surface area contributed by atoms with Crippen LogP contribution in [0.15, 0.2) is 262 Å². The summed E-state index contributed by atoms with van der Waals surface area (Å²) in [5.74, 6) is -9.03. The second-order valence-electron chi connectivity index (χ2n) is 33.8. The van der Waals surface area contributed by atoms with E-state index in [4.69, 9.17) is 0 Å². The summed E-state index contributed by atoms with van der Waals surface area (Å²) in [4.78, 5) is 81.5. The molecule has 34 heteroatoms. The third-order valence-corrected chi connectivity index (χ3v) is 24.2. The number of piperidine rings is 2. The average Bonchev–Trinajstić information content (AvgIpc) is 1.64. The second-order valence-corrected chi connectivity index (χ2v) is 33.8. The summed E-state index contributed by atoms with van der Waals surface area (Å²) in [5, 5.41) is 50.9. The van der Waals surface area contributed by atoms with E-state index < -0.39 is 47.0 Å². The molecule has 21 rings (SSSR count). The first-order chi connectivity index (χ1) is 66.0. The fourth-order valence-electron chi connectivity index (χ4n) is 16.9. The number of fused-ring (bicyclic) bond motifs is 4. The number of alkyl halides is 4. The normalized spacial score (nSPS) is 15.0. The molecular weight excluding hydrogens is 1750 g/mol. The highest BCUT2D eigenvalue weighted by Gasteiger charge is 2.38. The molecule has 9 aromatic heterocycles. The lowest BCUT2D eigenvalue weighted by atomic mass is 10.0. The number of H-pyrrole nitrogens is 4. The Kier molecular flexibility index (Phi) is 27.0. The van der Waals surface area contributed by atoms with E-state index >= 15 is 0 Å².